The number of carbonyl (C=O) groups is 1. The first-order valence-electron chi connectivity index (χ1n) is 7.02. The van der Waals surface area contributed by atoms with E-state index in [9.17, 15) is 14.9 Å². The fourth-order valence-electron chi connectivity index (χ4n) is 2.86. The van der Waals surface area contributed by atoms with E-state index < -0.39 is 4.92 Å². The van der Waals surface area contributed by atoms with Crippen LogP contribution in [0.3, 0.4) is 0 Å². The van der Waals surface area contributed by atoms with Crippen molar-refractivity contribution in [3.8, 4) is 0 Å². The minimum atomic E-state index is -0.439. The van der Waals surface area contributed by atoms with Crippen molar-refractivity contribution in [3.05, 3.63) is 74.8 Å². The number of fused-ring (bicyclic) bond motifs is 1. The monoisotopic (exact) mass is 281 g/mol. The molecule has 106 valence electrons. The van der Waals surface area contributed by atoms with E-state index in [1.54, 1.807) is 18.2 Å². The number of nitro benzene ring substituents is 1. The van der Waals surface area contributed by atoms with E-state index in [1.165, 1.54) is 17.2 Å². The van der Waals surface area contributed by atoms with Crippen molar-refractivity contribution in [1.29, 1.82) is 0 Å². The highest BCUT2D eigenvalue weighted by Crippen LogP contribution is 2.24. The molecule has 1 aliphatic carbocycles. The van der Waals surface area contributed by atoms with Gasteiger partial charge in [-0.1, -0.05) is 30.3 Å². The summed E-state index contributed by atoms with van der Waals surface area (Å²) < 4.78 is 0. The molecule has 0 unspecified atom stereocenters. The Balaban J connectivity index is 1.85. The first kappa shape index (κ1) is 13.5. The van der Waals surface area contributed by atoms with Gasteiger partial charge < -0.3 is 0 Å². The zero-order valence-corrected chi connectivity index (χ0v) is 11.5. The molecule has 21 heavy (non-hydrogen) atoms. The van der Waals surface area contributed by atoms with Gasteiger partial charge in [-0.25, -0.2) is 0 Å². The van der Waals surface area contributed by atoms with Crippen molar-refractivity contribution in [2.45, 2.75) is 25.7 Å². The van der Waals surface area contributed by atoms with Gasteiger partial charge in [0.25, 0.3) is 5.69 Å². The van der Waals surface area contributed by atoms with Crippen LogP contribution < -0.4 is 0 Å². The molecule has 0 aliphatic heterocycles. The molecule has 0 aromatic heterocycles. The van der Waals surface area contributed by atoms with Crippen molar-refractivity contribution in [2.24, 2.45) is 0 Å². The summed E-state index contributed by atoms with van der Waals surface area (Å²) >= 11 is 0. The van der Waals surface area contributed by atoms with E-state index >= 15 is 0 Å². The fraction of sp³-hybridized carbons (Fsp3) is 0.235. The van der Waals surface area contributed by atoms with E-state index in [0.29, 0.717) is 11.1 Å². The van der Waals surface area contributed by atoms with Crippen LogP contribution in [0.1, 0.15) is 33.5 Å². The van der Waals surface area contributed by atoms with Crippen molar-refractivity contribution in [3.63, 3.8) is 0 Å². The molecule has 0 heterocycles. The Morgan fingerprint density at radius 3 is 2.67 bits per heavy atom. The summed E-state index contributed by atoms with van der Waals surface area (Å²) in [7, 11) is 0. The second kappa shape index (κ2) is 5.48. The van der Waals surface area contributed by atoms with E-state index in [-0.39, 0.29) is 17.9 Å². The Morgan fingerprint density at radius 2 is 1.86 bits per heavy atom. The van der Waals surface area contributed by atoms with Gasteiger partial charge in [-0.05, 0) is 36.5 Å². The van der Waals surface area contributed by atoms with Gasteiger partial charge in [0.1, 0.15) is 0 Å². The minimum absolute atomic E-state index is 0.00649. The van der Waals surface area contributed by atoms with Gasteiger partial charge in [0.15, 0.2) is 5.78 Å². The first-order valence-corrected chi connectivity index (χ1v) is 7.02. The molecule has 0 atom stereocenters. The highest BCUT2D eigenvalue weighted by atomic mass is 16.6. The van der Waals surface area contributed by atoms with E-state index in [4.69, 9.17) is 0 Å². The van der Waals surface area contributed by atoms with Crippen LogP contribution in [0.25, 0.3) is 0 Å². The second-order valence-electron chi connectivity index (χ2n) is 5.32. The third-order valence-electron chi connectivity index (χ3n) is 3.96. The van der Waals surface area contributed by atoms with Gasteiger partial charge in [-0.3, -0.25) is 14.9 Å². The van der Waals surface area contributed by atoms with Crippen LogP contribution in [-0.2, 0) is 19.3 Å². The number of hydrogen-bond acceptors (Lipinski definition) is 3. The third kappa shape index (κ3) is 2.70. The molecule has 0 amide bonds. The van der Waals surface area contributed by atoms with Crippen LogP contribution in [0.4, 0.5) is 5.69 Å². The van der Waals surface area contributed by atoms with Crippen LogP contribution in [0.2, 0.25) is 0 Å². The predicted molar refractivity (Wildman–Crippen MR) is 79.6 cm³/mol. The highest BCUT2D eigenvalue weighted by Gasteiger charge is 2.18. The number of aryl methyl sites for hydroxylation is 2. The van der Waals surface area contributed by atoms with Crippen LogP contribution >= 0.6 is 0 Å². The fourth-order valence-corrected chi connectivity index (χ4v) is 2.86. The number of hydrogen-bond donors (Lipinski definition) is 0. The summed E-state index contributed by atoms with van der Waals surface area (Å²) in [6, 6.07) is 12.2. The summed E-state index contributed by atoms with van der Waals surface area (Å²) in [6.07, 6.45) is 3.29. The van der Waals surface area contributed by atoms with Gasteiger partial charge in [0.2, 0.25) is 0 Å². The van der Waals surface area contributed by atoms with Crippen molar-refractivity contribution >= 4 is 11.5 Å². The molecular formula is C17H15NO3. The lowest BCUT2D eigenvalue weighted by atomic mass is 9.98. The molecule has 0 saturated carbocycles. The number of para-hydroxylation sites is 1. The molecule has 4 heteroatoms. The number of rotatable bonds is 4. The Morgan fingerprint density at radius 1 is 1.10 bits per heavy atom. The lowest BCUT2D eigenvalue weighted by Gasteiger charge is -2.05. The van der Waals surface area contributed by atoms with E-state index in [2.05, 4.69) is 0 Å². The van der Waals surface area contributed by atoms with E-state index in [0.717, 1.165) is 19.3 Å². The summed E-state index contributed by atoms with van der Waals surface area (Å²) in [5.74, 6) is -0.0704. The van der Waals surface area contributed by atoms with Crippen LogP contribution in [0.5, 0.6) is 0 Å². The third-order valence-corrected chi connectivity index (χ3v) is 3.96. The molecular weight excluding hydrogens is 266 g/mol. The van der Waals surface area contributed by atoms with Crippen LogP contribution in [0.15, 0.2) is 42.5 Å². The number of ketones is 1. The standard InChI is InChI=1S/C17H15NO3/c19-17(11-14-4-1-2-7-16(14)18(20)21)15-9-8-12-5-3-6-13(12)10-15/h1-2,4,7-10H,3,5-6,11H2. The summed E-state index contributed by atoms with van der Waals surface area (Å²) in [4.78, 5) is 22.9. The first-order chi connectivity index (χ1) is 10.1. The minimum Gasteiger partial charge on any atom is -0.294 e. The predicted octanol–water partition coefficient (Wildman–Crippen LogP) is 3.51. The summed E-state index contributed by atoms with van der Waals surface area (Å²) in [5.41, 5.74) is 3.68. The number of benzene rings is 2. The van der Waals surface area contributed by atoms with Gasteiger partial charge in [-0.15, -0.1) is 0 Å². The molecule has 4 nitrogen and oxygen atoms in total. The molecule has 3 rings (SSSR count). The maximum Gasteiger partial charge on any atom is 0.273 e. The molecule has 0 bridgehead atoms. The van der Waals surface area contributed by atoms with Crippen LogP contribution in [0, 0.1) is 10.1 Å². The van der Waals surface area contributed by atoms with Gasteiger partial charge in [0.05, 0.1) is 4.92 Å². The zero-order valence-electron chi connectivity index (χ0n) is 11.5. The summed E-state index contributed by atoms with van der Waals surface area (Å²) in [6.45, 7) is 0. The molecule has 0 spiro atoms. The normalized spacial score (nSPS) is 13.0. The zero-order chi connectivity index (χ0) is 14.8. The Labute approximate surface area is 122 Å². The topological polar surface area (TPSA) is 60.2 Å². The van der Waals surface area contributed by atoms with Gasteiger partial charge >= 0.3 is 0 Å². The Kier molecular flexibility index (Phi) is 3.52. The quantitative estimate of drug-likeness (QED) is 0.489. The Bertz CT molecular complexity index is 722. The number of Topliss-reactive ketones (excluding diaryl/α,β-unsaturated/α-hetero) is 1. The lowest BCUT2D eigenvalue weighted by Crippen LogP contribution is -2.06. The average molecular weight is 281 g/mol. The largest absolute Gasteiger partial charge is 0.294 e. The molecule has 0 fully saturated rings. The van der Waals surface area contributed by atoms with Crippen LogP contribution in [-0.4, -0.2) is 10.7 Å². The van der Waals surface area contributed by atoms with Gasteiger partial charge in [-0.2, -0.15) is 0 Å². The number of carbonyl (C=O) groups excluding carboxylic acids is 1. The molecule has 2 aromatic rings. The van der Waals surface area contributed by atoms with Crippen molar-refractivity contribution in [1.82, 2.24) is 0 Å². The number of nitro groups is 1. The smallest absolute Gasteiger partial charge is 0.273 e. The van der Waals surface area contributed by atoms with Crippen molar-refractivity contribution in [2.75, 3.05) is 0 Å². The number of nitrogens with zero attached hydrogens (tertiary/aromatic N) is 1. The lowest BCUT2D eigenvalue weighted by molar-refractivity contribution is -0.385. The molecule has 0 saturated heterocycles. The maximum absolute atomic E-state index is 12.4. The molecule has 0 N–H and O–H groups in total. The summed E-state index contributed by atoms with van der Waals surface area (Å²) in [5, 5.41) is 11.0. The van der Waals surface area contributed by atoms with Crippen molar-refractivity contribution < 1.29 is 9.72 Å². The SMILES string of the molecule is O=C(Cc1ccccc1[N+](=O)[O-])c1ccc2c(c1)CCC2. The second-order valence-corrected chi connectivity index (χ2v) is 5.32. The Hall–Kier alpha value is -2.49. The average Bonchev–Trinajstić information content (AvgIpc) is 2.94. The molecule has 2 aromatic carbocycles. The van der Waals surface area contributed by atoms with Gasteiger partial charge in [0, 0.05) is 23.6 Å². The molecule has 0 radical (unpaired) electrons. The highest BCUT2D eigenvalue weighted by molar-refractivity contribution is 5.98. The van der Waals surface area contributed by atoms with E-state index in [1.807, 2.05) is 18.2 Å². The molecule has 1 aliphatic rings. The maximum atomic E-state index is 12.4.